The van der Waals surface area contributed by atoms with E-state index in [-0.39, 0.29) is 5.91 Å². The summed E-state index contributed by atoms with van der Waals surface area (Å²) in [5.41, 5.74) is 0. The Bertz CT molecular complexity index is 415. The van der Waals surface area contributed by atoms with Crippen LogP contribution in [0.4, 0.5) is 5.82 Å². The number of piperidine rings is 1. The van der Waals surface area contributed by atoms with E-state index in [0.29, 0.717) is 12.5 Å². The standard InChI is InChI=1S/C16H25N3O/c1-3-16(20)19(15-9-5-6-10-17-15)13-14(2)18-11-7-4-8-12-18/h5-6,9-10,14H,3-4,7-8,11-13H2,1-2H3/t14-/m1/s1. The Morgan fingerprint density at radius 2 is 2.10 bits per heavy atom. The minimum absolute atomic E-state index is 0.146. The first-order chi connectivity index (χ1) is 9.72. The quantitative estimate of drug-likeness (QED) is 0.829. The largest absolute Gasteiger partial charge is 0.299 e. The fourth-order valence-corrected chi connectivity index (χ4v) is 2.77. The van der Waals surface area contributed by atoms with Crippen molar-refractivity contribution in [3.8, 4) is 0 Å². The molecule has 1 saturated heterocycles. The highest BCUT2D eigenvalue weighted by atomic mass is 16.2. The van der Waals surface area contributed by atoms with Crippen LogP contribution in [0.25, 0.3) is 0 Å². The Labute approximate surface area is 121 Å². The topological polar surface area (TPSA) is 36.4 Å². The van der Waals surface area contributed by atoms with E-state index in [0.717, 1.165) is 25.5 Å². The van der Waals surface area contributed by atoms with Gasteiger partial charge in [-0.05, 0) is 45.0 Å². The maximum atomic E-state index is 12.2. The summed E-state index contributed by atoms with van der Waals surface area (Å²) < 4.78 is 0. The highest BCUT2D eigenvalue weighted by Crippen LogP contribution is 2.16. The number of hydrogen-bond acceptors (Lipinski definition) is 3. The third kappa shape index (κ3) is 3.79. The lowest BCUT2D eigenvalue weighted by atomic mass is 10.1. The molecule has 2 rings (SSSR count). The van der Waals surface area contributed by atoms with Crippen molar-refractivity contribution in [1.82, 2.24) is 9.88 Å². The van der Waals surface area contributed by atoms with Crippen molar-refractivity contribution in [2.75, 3.05) is 24.5 Å². The lowest BCUT2D eigenvalue weighted by Crippen LogP contribution is -2.46. The molecule has 20 heavy (non-hydrogen) atoms. The molecule has 0 aromatic carbocycles. The summed E-state index contributed by atoms with van der Waals surface area (Å²) in [6, 6.07) is 6.11. The molecular weight excluding hydrogens is 250 g/mol. The number of likely N-dealkylation sites (tertiary alicyclic amines) is 1. The van der Waals surface area contributed by atoms with Crippen molar-refractivity contribution < 1.29 is 4.79 Å². The average Bonchev–Trinajstić information content (AvgIpc) is 2.53. The minimum atomic E-state index is 0.146. The van der Waals surface area contributed by atoms with E-state index in [1.165, 1.54) is 19.3 Å². The van der Waals surface area contributed by atoms with Crippen LogP contribution in [0.2, 0.25) is 0 Å². The zero-order chi connectivity index (χ0) is 14.4. The summed E-state index contributed by atoms with van der Waals surface area (Å²) in [4.78, 5) is 20.9. The number of rotatable bonds is 5. The molecule has 4 nitrogen and oxygen atoms in total. The number of nitrogens with zero attached hydrogens (tertiary/aromatic N) is 3. The normalized spacial score (nSPS) is 17.7. The van der Waals surface area contributed by atoms with E-state index in [1.54, 1.807) is 6.20 Å². The van der Waals surface area contributed by atoms with Crippen molar-refractivity contribution in [1.29, 1.82) is 0 Å². The van der Waals surface area contributed by atoms with Crippen LogP contribution in [0.15, 0.2) is 24.4 Å². The maximum Gasteiger partial charge on any atom is 0.227 e. The SMILES string of the molecule is CCC(=O)N(C[C@@H](C)N1CCCCC1)c1ccccn1. The second-order valence-electron chi connectivity index (χ2n) is 5.49. The van der Waals surface area contributed by atoms with Crippen molar-refractivity contribution >= 4 is 11.7 Å². The Morgan fingerprint density at radius 3 is 2.70 bits per heavy atom. The number of carbonyl (C=O) groups excluding carboxylic acids is 1. The zero-order valence-corrected chi connectivity index (χ0v) is 12.6. The van der Waals surface area contributed by atoms with Crippen LogP contribution in [-0.2, 0) is 4.79 Å². The summed E-state index contributed by atoms with van der Waals surface area (Å²) in [5, 5.41) is 0. The minimum Gasteiger partial charge on any atom is -0.299 e. The van der Waals surface area contributed by atoms with Gasteiger partial charge in [-0.3, -0.25) is 14.6 Å². The summed E-state index contributed by atoms with van der Waals surface area (Å²) in [5.74, 6) is 0.913. The highest BCUT2D eigenvalue weighted by molar-refractivity contribution is 5.92. The van der Waals surface area contributed by atoms with Crippen molar-refractivity contribution in [2.45, 2.75) is 45.6 Å². The third-order valence-electron chi connectivity index (χ3n) is 3.99. The predicted molar refractivity (Wildman–Crippen MR) is 81.8 cm³/mol. The second kappa shape index (κ2) is 7.39. The van der Waals surface area contributed by atoms with Gasteiger partial charge in [0.05, 0.1) is 0 Å². The van der Waals surface area contributed by atoms with Crippen molar-refractivity contribution in [3.05, 3.63) is 24.4 Å². The molecule has 0 spiro atoms. The lowest BCUT2D eigenvalue weighted by Gasteiger charge is -2.35. The maximum absolute atomic E-state index is 12.2. The lowest BCUT2D eigenvalue weighted by molar-refractivity contribution is -0.118. The summed E-state index contributed by atoms with van der Waals surface area (Å²) >= 11 is 0. The molecule has 1 atom stereocenters. The van der Waals surface area contributed by atoms with Gasteiger partial charge in [-0.15, -0.1) is 0 Å². The van der Waals surface area contributed by atoms with Crippen molar-refractivity contribution in [3.63, 3.8) is 0 Å². The predicted octanol–water partition coefficient (Wildman–Crippen LogP) is 2.70. The van der Waals surface area contributed by atoms with E-state index in [4.69, 9.17) is 0 Å². The fraction of sp³-hybridized carbons (Fsp3) is 0.625. The number of pyridine rings is 1. The van der Waals surface area contributed by atoms with Crippen molar-refractivity contribution in [2.24, 2.45) is 0 Å². The molecule has 4 heteroatoms. The van der Waals surface area contributed by atoms with Gasteiger partial charge in [0, 0.05) is 25.2 Å². The van der Waals surface area contributed by atoms with Crippen LogP contribution in [0.5, 0.6) is 0 Å². The van der Waals surface area contributed by atoms with Gasteiger partial charge >= 0.3 is 0 Å². The molecule has 1 aliphatic heterocycles. The molecule has 2 heterocycles. The smallest absolute Gasteiger partial charge is 0.227 e. The van der Waals surface area contributed by atoms with E-state index >= 15 is 0 Å². The van der Waals surface area contributed by atoms with Crippen LogP contribution in [-0.4, -0.2) is 41.5 Å². The summed E-state index contributed by atoms with van der Waals surface area (Å²) in [6.45, 7) is 7.15. The van der Waals surface area contributed by atoms with Crippen LogP contribution < -0.4 is 4.90 Å². The van der Waals surface area contributed by atoms with E-state index < -0.39 is 0 Å². The van der Waals surface area contributed by atoms with E-state index in [1.807, 2.05) is 30.0 Å². The molecular formula is C16H25N3O. The third-order valence-corrected chi connectivity index (χ3v) is 3.99. The molecule has 1 aromatic heterocycles. The van der Waals surface area contributed by atoms with Gasteiger partial charge in [-0.1, -0.05) is 19.4 Å². The molecule has 0 radical (unpaired) electrons. The van der Waals surface area contributed by atoms with Crippen LogP contribution >= 0.6 is 0 Å². The molecule has 0 saturated carbocycles. The first kappa shape index (κ1) is 15.0. The molecule has 0 unspecified atom stereocenters. The second-order valence-corrected chi connectivity index (χ2v) is 5.49. The zero-order valence-electron chi connectivity index (χ0n) is 12.6. The molecule has 1 fully saturated rings. The fourth-order valence-electron chi connectivity index (χ4n) is 2.77. The van der Waals surface area contributed by atoms with Gasteiger partial charge in [0.2, 0.25) is 5.91 Å². The van der Waals surface area contributed by atoms with E-state index in [2.05, 4.69) is 16.8 Å². The first-order valence-electron chi connectivity index (χ1n) is 7.67. The Morgan fingerprint density at radius 1 is 1.35 bits per heavy atom. The summed E-state index contributed by atoms with van der Waals surface area (Å²) in [6.07, 6.45) is 6.15. The number of anilines is 1. The molecule has 0 N–H and O–H groups in total. The Kier molecular flexibility index (Phi) is 5.53. The molecule has 1 aromatic rings. The first-order valence-corrected chi connectivity index (χ1v) is 7.67. The molecule has 0 bridgehead atoms. The number of amides is 1. The van der Waals surface area contributed by atoms with E-state index in [9.17, 15) is 4.79 Å². The van der Waals surface area contributed by atoms with Gasteiger partial charge < -0.3 is 0 Å². The Balaban J connectivity index is 2.05. The monoisotopic (exact) mass is 275 g/mol. The highest BCUT2D eigenvalue weighted by Gasteiger charge is 2.22. The number of hydrogen-bond donors (Lipinski definition) is 0. The van der Waals surface area contributed by atoms with Gasteiger partial charge in [-0.25, -0.2) is 4.98 Å². The molecule has 1 aliphatic rings. The van der Waals surface area contributed by atoms with Gasteiger partial charge in [0.1, 0.15) is 5.82 Å². The van der Waals surface area contributed by atoms with Gasteiger partial charge in [-0.2, -0.15) is 0 Å². The van der Waals surface area contributed by atoms with Crippen LogP contribution in [0, 0.1) is 0 Å². The Hall–Kier alpha value is -1.42. The molecule has 110 valence electrons. The van der Waals surface area contributed by atoms with Crippen LogP contribution in [0.1, 0.15) is 39.5 Å². The van der Waals surface area contributed by atoms with Crippen LogP contribution in [0.3, 0.4) is 0 Å². The molecule has 0 aliphatic carbocycles. The van der Waals surface area contributed by atoms with Gasteiger partial charge in [0.25, 0.3) is 0 Å². The van der Waals surface area contributed by atoms with Gasteiger partial charge in [0.15, 0.2) is 0 Å². The number of aromatic nitrogens is 1. The molecule has 1 amide bonds. The summed E-state index contributed by atoms with van der Waals surface area (Å²) in [7, 11) is 0. The average molecular weight is 275 g/mol. The number of carbonyl (C=O) groups is 1.